The van der Waals surface area contributed by atoms with Crippen molar-refractivity contribution in [2.45, 2.75) is 13.8 Å². The Labute approximate surface area is 165 Å². The molecule has 0 aliphatic rings. The van der Waals surface area contributed by atoms with E-state index in [4.69, 9.17) is 18.0 Å². The minimum absolute atomic E-state index is 0.146. The van der Waals surface area contributed by atoms with E-state index in [1.165, 1.54) is 11.1 Å². The SMILES string of the molecule is Cc1ccc(N(c2ccc(C)cc2)c2ccc(C=NNC(N)=S)cc2)cc1. The number of hydrazone groups is 1. The number of hydrogen-bond acceptors (Lipinski definition) is 3. The van der Waals surface area contributed by atoms with E-state index in [0.717, 1.165) is 22.6 Å². The summed E-state index contributed by atoms with van der Waals surface area (Å²) < 4.78 is 0. The maximum absolute atomic E-state index is 5.37. The third-order valence-electron chi connectivity index (χ3n) is 4.12. The van der Waals surface area contributed by atoms with Gasteiger partial charge in [-0.1, -0.05) is 47.5 Å². The highest BCUT2D eigenvalue weighted by Crippen LogP contribution is 2.34. The van der Waals surface area contributed by atoms with Crippen molar-refractivity contribution >= 4 is 40.6 Å². The molecule has 0 spiro atoms. The molecule has 4 nitrogen and oxygen atoms in total. The second-order valence-corrected chi connectivity index (χ2v) is 6.77. The summed E-state index contributed by atoms with van der Waals surface area (Å²) >= 11 is 4.74. The average molecular weight is 375 g/mol. The molecule has 0 heterocycles. The van der Waals surface area contributed by atoms with Crippen molar-refractivity contribution in [1.29, 1.82) is 0 Å². The van der Waals surface area contributed by atoms with Crippen molar-refractivity contribution < 1.29 is 0 Å². The van der Waals surface area contributed by atoms with Gasteiger partial charge in [0, 0.05) is 17.1 Å². The van der Waals surface area contributed by atoms with E-state index in [2.05, 4.69) is 89.9 Å². The van der Waals surface area contributed by atoms with Crippen LogP contribution in [-0.4, -0.2) is 11.3 Å². The summed E-state index contributed by atoms with van der Waals surface area (Å²) in [6.07, 6.45) is 1.69. The molecule has 0 bridgehead atoms. The summed E-state index contributed by atoms with van der Waals surface area (Å²) in [5, 5.41) is 4.14. The summed E-state index contributed by atoms with van der Waals surface area (Å²) in [5.74, 6) is 0. The fourth-order valence-corrected chi connectivity index (χ4v) is 2.77. The molecule has 3 aromatic carbocycles. The first-order valence-electron chi connectivity index (χ1n) is 8.65. The number of hydrogen-bond donors (Lipinski definition) is 2. The van der Waals surface area contributed by atoms with Gasteiger partial charge in [-0.2, -0.15) is 5.10 Å². The van der Waals surface area contributed by atoms with Crippen molar-refractivity contribution in [3.63, 3.8) is 0 Å². The number of aryl methyl sites for hydroxylation is 2. The molecule has 0 aromatic heterocycles. The molecule has 0 unspecified atom stereocenters. The molecule has 0 aliphatic carbocycles. The Balaban J connectivity index is 1.95. The number of thiocarbonyl (C=S) groups is 1. The van der Waals surface area contributed by atoms with E-state index in [1.807, 2.05) is 12.1 Å². The Bertz CT molecular complexity index is 884. The molecule has 3 aromatic rings. The first kappa shape index (κ1) is 18.6. The molecule has 5 heteroatoms. The third kappa shape index (κ3) is 4.92. The predicted octanol–water partition coefficient (Wildman–Crippen LogP) is 4.94. The van der Waals surface area contributed by atoms with Gasteiger partial charge in [-0.05, 0) is 68.0 Å². The number of benzene rings is 3. The highest BCUT2D eigenvalue weighted by molar-refractivity contribution is 7.80. The van der Waals surface area contributed by atoms with Crippen LogP contribution < -0.4 is 16.1 Å². The number of nitrogens with zero attached hydrogens (tertiary/aromatic N) is 2. The van der Waals surface area contributed by atoms with Gasteiger partial charge in [0.25, 0.3) is 0 Å². The van der Waals surface area contributed by atoms with Gasteiger partial charge in [-0.3, -0.25) is 5.43 Å². The fraction of sp³-hybridized carbons (Fsp3) is 0.0909. The Morgan fingerprint density at radius 2 is 1.22 bits per heavy atom. The van der Waals surface area contributed by atoms with Gasteiger partial charge in [-0.25, -0.2) is 0 Å². The van der Waals surface area contributed by atoms with E-state index < -0.39 is 0 Å². The van der Waals surface area contributed by atoms with Crippen LogP contribution in [0.4, 0.5) is 17.1 Å². The summed E-state index contributed by atoms with van der Waals surface area (Å²) in [7, 11) is 0. The Kier molecular flexibility index (Phi) is 5.84. The molecular weight excluding hydrogens is 352 g/mol. The number of rotatable bonds is 5. The first-order valence-corrected chi connectivity index (χ1v) is 9.06. The van der Waals surface area contributed by atoms with Gasteiger partial charge in [0.05, 0.1) is 6.21 Å². The Morgan fingerprint density at radius 3 is 1.63 bits per heavy atom. The zero-order chi connectivity index (χ0) is 19.2. The molecule has 0 radical (unpaired) electrons. The normalized spacial score (nSPS) is 10.7. The van der Waals surface area contributed by atoms with Gasteiger partial charge in [-0.15, -0.1) is 0 Å². The summed E-state index contributed by atoms with van der Waals surface area (Å²) in [4.78, 5) is 2.23. The highest BCUT2D eigenvalue weighted by Gasteiger charge is 2.12. The number of nitrogens with one attached hydrogen (secondary N) is 1. The van der Waals surface area contributed by atoms with Crippen molar-refractivity contribution in [3.05, 3.63) is 89.5 Å². The summed E-state index contributed by atoms with van der Waals surface area (Å²) in [6.45, 7) is 4.18. The molecule has 0 atom stereocenters. The zero-order valence-corrected chi connectivity index (χ0v) is 16.2. The van der Waals surface area contributed by atoms with Crippen LogP contribution in [0.5, 0.6) is 0 Å². The van der Waals surface area contributed by atoms with E-state index in [0.29, 0.717) is 0 Å². The van der Waals surface area contributed by atoms with Gasteiger partial charge in [0.15, 0.2) is 5.11 Å². The molecule has 0 amide bonds. The van der Waals surface area contributed by atoms with Crippen LogP contribution in [0, 0.1) is 13.8 Å². The predicted molar refractivity (Wildman–Crippen MR) is 118 cm³/mol. The molecule has 0 saturated carbocycles. The van der Waals surface area contributed by atoms with Crippen molar-refractivity contribution in [3.8, 4) is 0 Å². The molecule has 136 valence electrons. The van der Waals surface area contributed by atoms with Crippen LogP contribution >= 0.6 is 12.2 Å². The third-order valence-corrected chi connectivity index (χ3v) is 4.22. The quantitative estimate of drug-likeness (QED) is 0.377. The molecule has 0 aliphatic heterocycles. The van der Waals surface area contributed by atoms with E-state index in [1.54, 1.807) is 6.21 Å². The lowest BCUT2D eigenvalue weighted by Gasteiger charge is -2.25. The zero-order valence-electron chi connectivity index (χ0n) is 15.4. The monoisotopic (exact) mass is 374 g/mol. The van der Waals surface area contributed by atoms with Crippen LogP contribution in [0.3, 0.4) is 0 Å². The van der Waals surface area contributed by atoms with Crippen molar-refractivity contribution in [2.24, 2.45) is 10.8 Å². The smallest absolute Gasteiger partial charge is 0.184 e. The number of anilines is 3. The van der Waals surface area contributed by atoms with Crippen molar-refractivity contribution in [1.82, 2.24) is 5.43 Å². The second-order valence-electron chi connectivity index (χ2n) is 6.33. The first-order chi connectivity index (χ1) is 13.0. The van der Waals surface area contributed by atoms with Gasteiger partial charge in [0.1, 0.15) is 0 Å². The average Bonchev–Trinajstić information content (AvgIpc) is 2.66. The molecule has 0 fully saturated rings. The lowest BCUT2D eigenvalue weighted by Crippen LogP contribution is -2.23. The molecule has 0 saturated heterocycles. The summed E-state index contributed by atoms with van der Waals surface area (Å²) in [5.41, 5.74) is 14.7. The van der Waals surface area contributed by atoms with Gasteiger partial charge >= 0.3 is 0 Å². The lowest BCUT2D eigenvalue weighted by atomic mass is 10.1. The van der Waals surface area contributed by atoms with Crippen molar-refractivity contribution in [2.75, 3.05) is 4.90 Å². The Morgan fingerprint density at radius 1 is 0.815 bits per heavy atom. The standard InChI is InChI=1S/C22H22N4S/c1-16-3-9-19(10-4-16)26(20-11-5-17(2)6-12-20)21-13-7-18(8-14-21)15-24-25-22(23)27/h3-15H,1-2H3,(H3,23,25,27). The largest absolute Gasteiger partial charge is 0.375 e. The van der Waals surface area contributed by atoms with Gasteiger partial charge in [0.2, 0.25) is 0 Å². The molecule has 3 rings (SSSR count). The second kappa shape index (κ2) is 8.47. The Hall–Kier alpha value is -3.18. The van der Waals surface area contributed by atoms with E-state index in [-0.39, 0.29) is 5.11 Å². The van der Waals surface area contributed by atoms with Crippen LogP contribution in [0.1, 0.15) is 16.7 Å². The van der Waals surface area contributed by atoms with E-state index in [9.17, 15) is 0 Å². The molecular formula is C22H22N4S. The lowest BCUT2D eigenvalue weighted by molar-refractivity contribution is 1.04. The molecule has 3 N–H and O–H groups in total. The van der Waals surface area contributed by atoms with Crippen LogP contribution in [0.25, 0.3) is 0 Å². The minimum atomic E-state index is 0.146. The van der Waals surface area contributed by atoms with Crippen LogP contribution in [-0.2, 0) is 0 Å². The number of nitrogens with two attached hydrogens (primary N) is 1. The van der Waals surface area contributed by atoms with E-state index >= 15 is 0 Å². The van der Waals surface area contributed by atoms with Crippen LogP contribution in [0.15, 0.2) is 77.9 Å². The maximum atomic E-state index is 5.37. The fourth-order valence-electron chi connectivity index (χ4n) is 2.71. The topological polar surface area (TPSA) is 53.6 Å². The summed E-state index contributed by atoms with van der Waals surface area (Å²) in [6, 6.07) is 25.2. The molecule has 27 heavy (non-hydrogen) atoms. The van der Waals surface area contributed by atoms with Gasteiger partial charge < -0.3 is 10.6 Å². The maximum Gasteiger partial charge on any atom is 0.184 e. The van der Waals surface area contributed by atoms with Crippen LogP contribution in [0.2, 0.25) is 0 Å². The highest BCUT2D eigenvalue weighted by atomic mass is 32.1. The minimum Gasteiger partial charge on any atom is -0.375 e.